The van der Waals surface area contributed by atoms with Crippen molar-refractivity contribution in [2.75, 3.05) is 18.4 Å². The van der Waals surface area contributed by atoms with Crippen molar-refractivity contribution in [3.8, 4) is 0 Å². The van der Waals surface area contributed by atoms with Crippen molar-refractivity contribution in [1.29, 1.82) is 0 Å². The fourth-order valence-corrected chi connectivity index (χ4v) is 3.42. The van der Waals surface area contributed by atoms with E-state index in [1.165, 1.54) is 5.69 Å². The number of carbonyl (C=O) groups excluding carboxylic acids is 1. The molecule has 0 radical (unpaired) electrons. The lowest BCUT2D eigenvalue weighted by Gasteiger charge is -2.21. The Morgan fingerprint density at radius 1 is 1.27 bits per heavy atom. The molecule has 0 spiro atoms. The van der Waals surface area contributed by atoms with E-state index in [1.54, 1.807) is 0 Å². The zero-order chi connectivity index (χ0) is 18.5. The summed E-state index contributed by atoms with van der Waals surface area (Å²) >= 11 is 0. The molecule has 0 bridgehead atoms. The second-order valence-electron chi connectivity index (χ2n) is 7.51. The van der Waals surface area contributed by atoms with Gasteiger partial charge in [0.25, 0.3) is 0 Å². The molecule has 1 aliphatic heterocycles. The van der Waals surface area contributed by atoms with Crippen LogP contribution in [0, 0.1) is 12.8 Å². The number of aromatic nitrogens is 2. The third-order valence-electron chi connectivity index (χ3n) is 4.47. The Hall–Kier alpha value is -2.34. The van der Waals surface area contributed by atoms with Crippen molar-refractivity contribution in [3.63, 3.8) is 0 Å². The third kappa shape index (κ3) is 5.08. The SMILES string of the molecule is Cc1cccc(NC(=O)NCc2cc3n(n2)CCCN(CC(C)C)C3)c1. The van der Waals surface area contributed by atoms with E-state index < -0.39 is 0 Å². The number of nitrogens with zero attached hydrogens (tertiary/aromatic N) is 3. The highest BCUT2D eigenvalue weighted by Gasteiger charge is 2.17. The van der Waals surface area contributed by atoms with Gasteiger partial charge in [-0.25, -0.2) is 4.79 Å². The number of rotatable bonds is 5. The Bertz CT molecular complexity index is 752. The molecule has 1 aromatic carbocycles. The summed E-state index contributed by atoms with van der Waals surface area (Å²) in [6.45, 7) is 11.0. The lowest BCUT2D eigenvalue weighted by Crippen LogP contribution is -2.28. The Balaban J connectivity index is 1.55. The number of aryl methyl sites for hydroxylation is 2. The molecule has 0 saturated carbocycles. The molecule has 0 saturated heterocycles. The summed E-state index contributed by atoms with van der Waals surface area (Å²) in [5.41, 5.74) is 4.06. The van der Waals surface area contributed by atoms with Crippen LogP contribution in [-0.4, -0.2) is 33.8 Å². The van der Waals surface area contributed by atoms with Gasteiger partial charge in [-0.1, -0.05) is 26.0 Å². The summed E-state index contributed by atoms with van der Waals surface area (Å²) < 4.78 is 2.09. The molecule has 6 heteroatoms. The average Bonchev–Trinajstić information content (AvgIpc) is 2.85. The van der Waals surface area contributed by atoms with Gasteiger partial charge >= 0.3 is 6.03 Å². The lowest BCUT2D eigenvalue weighted by atomic mass is 10.2. The largest absolute Gasteiger partial charge is 0.332 e. The Kier molecular flexibility index (Phi) is 5.93. The topological polar surface area (TPSA) is 62.2 Å². The predicted octanol–water partition coefficient (Wildman–Crippen LogP) is 3.37. The monoisotopic (exact) mass is 355 g/mol. The van der Waals surface area contributed by atoms with E-state index in [4.69, 9.17) is 0 Å². The first-order chi connectivity index (χ1) is 12.5. The minimum Gasteiger partial charge on any atom is -0.332 e. The molecule has 1 aromatic heterocycles. The second-order valence-corrected chi connectivity index (χ2v) is 7.51. The van der Waals surface area contributed by atoms with Crippen LogP contribution in [0.3, 0.4) is 0 Å². The van der Waals surface area contributed by atoms with Crippen LogP contribution in [0.1, 0.15) is 37.2 Å². The number of fused-ring (bicyclic) bond motifs is 1. The van der Waals surface area contributed by atoms with Crippen LogP contribution in [0.15, 0.2) is 30.3 Å². The third-order valence-corrected chi connectivity index (χ3v) is 4.47. The van der Waals surface area contributed by atoms with E-state index in [0.717, 1.165) is 49.5 Å². The summed E-state index contributed by atoms with van der Waals surface area (Å²) in [6, 6.07) is 9.67. The van der Waals surface area contributed by atoms with E-state index in [2.05, 4.69) is 45.2 Å². The zero-order valence-electron chi connectivity index (χ0n) is 16.0. The van der Waals surface area contributed by atoms with E-state index in [1.807, 2.05) is 31.2 Å². The predicted molar refractivity (Wildman–Crippen MR) is 104 cm³/mol. The first-order valence-corrected chi connectivity index (χ1v) is 9.39. The highest BCUT2D eigenvalue weighted by molar-refractivity contribution is 5.89. The number of anilines is 1. The van der Waals surface area contributed by atoms with Crippen LogP contribution in [0.25, 0.3) is 0 Å². The number of benzene rings is 1. The molecular formula is C20H29N5O. The van der Waals surface area contributed by atoms with Gasteiger partial charge in [-0.3, -0.25) is 9.58 Å². The average molecular weight is 355 g/mol. The van der Waals surface area contributed by atoms with Gasteiger partial charge in [-0.05, 0) is 43.0 Å². The van der Waals surface area contributed by atoms with Gasteiger partial charge in [0.05, 0.1) is 17.9 Å². The van der Waals surface area contributed by atoms with Crippen molar-refractivity contribution in [1.82, 2.24) is 20.0 Å². The molecule has 0 atom stereocenters. The number of carbonyl (C=O) groups is 1. The molecule has 0 fully saturated rings. The van der Waals surface area contributed by atoms with E-state index in [0.29, 0.717) is 12.5 Å². The van der Waals surface area contributed by atoms with Crippen LogP contribution >= 0.6 is 0 Å². The maximum Gasteiger partial charge on any atom is 0.319 e. The lowest BCUT2D eigenvalue weighted by molar-refractivity contribution is 0.239. The van der Waals surface area contributed by atoms with Crippen molar-refractivity contribution >= 4 is 11.7 Å². The quantitative estimate of drug-likeness (QED) is 0.864. The highest BCUT2D eigenvalue weighted by atomic mass is 16.2. The molecule has 0 unspecified atom stereocenters. The Labute approximate surface area is 155 Å². The van der Waals surface area contributed by atoms with Gasteiger partial charge in [0.15, 0.2) is 0 Å². The molecule has 26 heavy (non-hydrogen) atoms. The zero-order valence-corrected chi connectivity index (χ0v) is 16.0. The van der Waals surface area contributed by atoms with E-state index in [9.17, 15) is 4.79 Å². The summed E-state index contributed by atoms with van der Waals surface area (Å²) in [5.74, 6) is 0.663. The first-order valence-electron chi connectivity index (χ1n) is 9.39. The van der Waals surface area contributed by atoms with Crippen LogP contribution < -0.4 is 10.6 Å². The fraction of sp³-hybridized carbons (Fsp3) is 0.500. The van der Waals surface area contributed by atoms with Gasteiger partial charge in [-0.2, -0.15) is 5.10 Å². The summed E-state index contributed by atoms with van der Waals surface area (Å²) in [7, 11) is 0. The van der Waals surface area contributed by atoms with Gasteiger partial charge in [-0.15, -0.1) is 0 Å². The molecule has 0 aliphatic carbocycles. The van der Waals surface area contributed by atoms with Gasteiger partial charge in [0.2, 0.25) is 0 Å². The molecule has 2 amide bonds. The van der Waals surface area contributed by atoms with Crippen LogP contribution in [0.2, 0.25) is 0 Å². The maximum absolute atomic E-state index is 12.1. The number of amides is 2. The van der Waals surface area contributed by atoms with Crippen LogP contribution in [0.4, 0.5) is 10.5 Å². The van der Waals surface area contributed by atoms with E-state index >= 15 is 0 Å². The number of hydrogen-bond acceptors (Lipinski definition) is 3. The van der Waals surface area contributed by atoms with Crippen molar-refractivity contribution in [2.24, 2.45) is 5.92 Å². The molecule has 2 N–H and O–H groups in total. The summed E-state index contributed by atoms with van der Waals surface area (Å²) in [6.07, 6.45) is 1.11. The number of hydrogen-bond donors (Lipinski definition) is 2. The highest BCUT2D eigenvalue weighted by Crippen LogP contribution is 2.15. The molecule has 2 heterocycles. The molecular weight excluding hydrogens is 326 g/mol. The standard InChI is InChI=1S/C20H29N5O/c1-15(2)13-24-8-5-9-25-19(14-24)11-18(23-25)12-21-20(26)22-17-7-4-6-16(3)10-17/h4,6-7,10-11,15H,5,8-9,12-14H2,1-3H3,(H2,21,22,26). The first kappa shape index (κ1) is 18.5. The molecule has 3 rings (SSSR count). The van der Waals surface area contributed by atoms with Gasteiger partial charge in [0, 0.05) is 31.9 Å². The summed E-state index contributed by atoms with van der Waals surface area (Å²) in [4.78, 5) is 14.6. The summed E-state index contributed by atoms with van der Waals surface area (Å²) in [5, 5.41) is 10.4. The Morgan fingerprint density at radius 2 is 2.12 bits per heavy atom. The minimum atomic E-state index is -0.208. The fourth-order valence-electron chi connectivity index (χ4n) is 3.42. The molecule has 1 aliphatic rings. The number of nitrogens with one attached hydrogen (secondary N) is 2. The maximum atomic E-state index is 12.1. The van der Waals surface area contributed by atoms with Gasteiger partial charge < -0.3 is 10.6 Å². The number of urea groups is 1. The molecule has 6 nitrogen and oxygen atoms in total. The molecule has 140 valence electrons. The smallest absolute Gasteiger partial charge is 0.319 e. The van der Waals surface area contributed by atoms with Crippen molar-refractivity contribution < 1.29 is 4.79 Å². The minimum absolute atomic E-state index is 0.208. The van der Waals surface area contributed by atoms with Crippen molar-refractivity contribution in [2.45, 2.75) is 46.8 Å². The second kappa shape index (κ2) is 8.36. The normalized spacial score (nSPS) is 14.8. The van der Waals surface area contributed by atoms with E-state index in [-0.39, 0.29) is 6.03 Å². The van der Waals surface area contributed by atoms with Crippen molar-refractivity contribution in [3.05, 3.63) is 47.3 Å². The Morgan fingerprint density at radius 3 is 2.88 bits per heavy atom. The van der Waals surface area contributed by atoms with Crippen LogP contribution in [-0.2, 0) is 19.6 Å². The van der Waals surface area contributed by atoms with Crippen LogP contribution in [0.5, 0.6) is 0 Å². The molecule has 2 aromatic rings. The van der Waals surface area contributed by atoms with Gasteiger partial charge in [0.1, 0.15) is 0 Å².